The number of pyridine rings is 1. The minimum Gasteiger partial charge on any atom is -0.386 e. The van der Waals surface area contributed by atoms with Gasteiger partial charge in [-0.1, -0.05) is 19.9 Å². The lowest BCUT2D eigenvalue weighted by atomic mass is 10.0. The molecule has 2 heterocycles. The van der Waals surface area contributed by atoms with Crippen molar-refractivity contribution in [3.63, 3.8) is 0 Å². The molecule has 0 aliphatic rings. The fourth-order valence-corrected chi connectivity index (χ4v) is 2.26. The van der Waals surface area contributed by atoms with Gasteiger partial charge < -0.3 is 5.11 Å². The Balaban J connectivity index is 2.11. The second kappa shape index (κ2) is 6.66. The van der Waals surface area contributed by atoms with Crippen LogP contribution in [0.5, 0.6) is 0 Å². The molecule has 0 saturated heterocycles. The molecule has 0 saturated carbocycles. The van der Waals surface area contributed by atoms with Gasteiger partial charge in [-0.25, -0.2) is 0 Å². The van der Waals surface area contributed by atoms with Crippen molar-refractivity contribution in [1.29, 1.82) is 0 Å². The van der Waals surface area contributed by atoms with E-state index in [1.54, 1.807) is 6.20 Å². The van der Waals surface area contributed by atoms with Gasteiger partial charge in [-0.05, 0) is 37.5 Å². The number of aromatic nitrogens is 3. The van der Waals surface area contributed by atoms with Crippen LogP contribution < -0.4 is 0 Å². The minimum atomic E-state index is -0.591. The van der Waals surface area contributed by atoms with Crippen LogP contribution in [-0.2, 0) is 12.8 Å². The van der Waals surface area contributed by atoms with Crippen LogP contribution in [-0.4, -0.2) is 19.9 Å². The fourth-order valence-electron chi connectivity index (χ4n) is 2.26. The predicted molar refractivity (Wildman–Crippen MR) is 79.5 cm³/mol. The molecule has 1 N–H and O–H groups in total. The van der Waals surface area contributed by atoms with Crippen LogP contribution in [0.3, 0.4) is 0 Å². The van der Waals surface area contributed by atoms with Crippen molar-refractivity contribution in [3.8, 4) is 0 Å². The Hall–Kier alpha value is -1.68. The summed E-state index contributed by atoms with van der Waals surface area (Å²) in [6.07, 6.45) is 5.55. The lowest BCUT2D eigenvalue weighted by Gasteiger charge is -2.12. The zero-order valence-electron chi connectivity index (χ0n) is 12.5. The van der Waals surface area contributed by atoms with Gasteiger partial charge in [-0.3, -0.25) is 9.67 Å². The smallest absolute Gasteiger partial charge is 0.102 e. The van der Waals surface area contributed by atoms with Crippen LogP contribution in [0.2, 0.25) is 0 Å². The Bertz CT molecular complexity index is 550. The highest BCUT2D eigenvalue weighted by molar-refractivity contribution is 5.22. The standard InChI is InChI=1S/C16H23N3O/c1-4-12(3)19-10-8-14(18-19)11-15(20)16-13(5-2)7-6-9-17-16/h6-10,12,15,20H,4-5,11H2,1-3H3. The zero-order valence-corrected chi connectivity index (χ0v) is 12.5. The highest BCUT2D eigenvalue weighted by atomic mass is 16.3. The van der Waals surface area contributed by atoms with Crippen LogP contribution in [0.25, 0.3) is 0 Å². The second-order valence-corrected chi connectivity index (χ2v) is 5.17. The number of hydrogen-bond acceptors (Lipinski definition) is 3. The van der Waals surface area contributed by atoms with Gasteiger partial charge in [0.05, 0.1) is 11.4 Å². The van der Waals surface area contributed by atoms with Crippen molar-refractivity contribution in [2.24, 2.45) is 0 Å². The number of nitrogens with zero attached hydrogens (tertiary/aromatic N) is 3. The molecule has 2 aromatic rings. The Morgan fingerprint density at radius 1 is 1.30 bits per heavy atom. The molecule has 20 heavy (non-hydrogen) atoms. The van der Waals surface area contributed by atoms with Crippen LogP contribution in [0.15, 0.2) is 30.6 Å². The molecule has 0 aliphatic heterocycles. The third-order valence-electron chi connectivity index (χ3n) is 3.73. The average Bonchev–Trinajstić information content (AvgIpc) is 2.94. The first kappa shape index (κ1) is 14.7. The first-order chi connectivity index (χ1) is 9.65. The maximum absolute atomic E-state index is 10.4. The fraction of sp³-hybridized carbons (Fsp3) is 0.500. The third kappa shape index (κ3) is 3.25. The average molecular weight is 273 g/mol. The molecule has 0 radical (unpaired) electrons. The Morgan fingerprint density at radius 2 is 2.10 bits per heavy atom. The van der Waals surface area contributed by atoms with Crippen LogP contribution in [0.1, 0.15) is 56.3 Å². The molecule has 4 nitrogen and oxygen atoms in total. The predicted octanol–water partition coefficient (Wildman–Crippen LogP) is 3.09. The Kier molecular flexibility index (Phi) is 4.90. The monoisotopic (exact) mass is 273 g/mol. The Morgan fingerprint density at radius 3 is 2.80 bits per heavy atom. The zero-order chi connectivity index (χ0) is 14.5. The van der Waals surface area contributed by atoms with E-state index < -0.39 is 6.10 Å². The number of rotatable bonds is 6. The highest BCUT2D eigenvalue weighted by Crippen LogP contribution is 2.20. The van der Waals surface area contributed by atoms with Gasteiger partial charge in [0.25, 0.3) is 0 Å². The number of aryl methyl sites for hydroxylation is 1. The lowest BCUT2D eigenvalue weighted by molar-refractivity contribution is 0.171. The van der Waals surface area contributed by atoms with Crippen LogP contribution >= 0.6 is 0 Å². The van der Waals surface area contributed by atoms with E-state index in [1.165, 1.54) is 0 Å². The molecule has 108 valence electrons. The number of aliphatic hydroxyl groups excluding tert-OH is 1. The highest BCUT2D eigenvalue weighted by Gasteiger charge is 2.15. The van der Waals surface area contributed by atoms with Crippen molar-refractivity contribution in [1.82, 2.24) is 14.8 Å². The summed E-state index contributed by atoms with van der Waals surface area (Å²) in [5, 5.41) is 14.9. The molecular formula is C16H23N3O. The van der Waals surface area contributed by atoms with Gasteiger partial charge in [0.15, 0.2) is 0 Å². The molecule has 2 unspecified atom stereocenters. The molecule has 2 rings (SSSR count). The molecule has 0 spiro atoms. The molecule has 0 aromatic carbocycles. The first-order valence-corrected chi connectivity index (χ1v) is 7.31. The van der Waals surface area contributed by atoms with Gasteiger partial charge in [0.1, 0.15) is 6.10 Å². The summed E-state index contributed by atoms with van der Waals surface area (Å²) in [6.45, 7) is 6.36. The summed E-state index contributed by atoms with van der Waals surface area (Å²) in [4.78, 5) is 4.32. The van der Waals surface area contributed by atoms with E-state index in [9.17, 15) is 5.11 Å². The van der Waals surface area contributed by atoms with Crippen LogP contribution in [0, 0.1) is 0 Å². The Labute approximate surface area is 120 Å². The molecule has 0 aliphatic carbocycles. The quantitative estimate of drug-likeness (QED) is 0.880. The van der Waals surface area contributed by atoms with E-state index in [1.807, 2.05) is 29.1 Å². The van der Waals surface area contributed by atoms with Crippen molar-refractivity contribution < 1.29 is 5.11 Å². The first-order valence-electron chi connectivity index (χ1n) is 7.31. The van der Waals surface area contributed by atoms with Gasteiger partial charge in [0, 0.05) is 24.9 Å². The van der Waals surface area contributed by atoms with Crippen molar-refractivity contribution in [3.05, 3.63) is 47.5 Å². The topological polar surface area (TPSA) is 50.9 Å². The molecule has 0 amide bonds. The summed E-state index contributed by atoms with van der Waals surface area (Å²) in [7, 11) is 0. The maximum Gasteiger partial charge on any atom is 0.102 e. The van der Waals surface area contributed by atoms with Gasteiger partial charge in [0.2, 0.25) is 0 Å². The van der Waals surface area contributed by atoms with E-state index in [-0.39, 0.29) is 0 Å². The number of aliphatic hydroxyl groups is 1. The van der Waals surface area contributed by atoms with Gasteiger partial charge in [-0.2, -0.15) is 5.10 Å². The summed E-state index contributed by atoms with van der Waals surface area (Å²) in [6, 6.07) is 6.29. The van der Waals surface area contributed by atoms with E-state index in [0.717, 1.165) is 29.8 Å². The second-order valence-electron chi connectivity index (χ2n) is 5.17. The minimum absolute atomic E-state index is 0.391. The molecule has 0 fully saturated rings. The summed E-state index contributed by atoms with van der Waals surface area (Å²) < 4.78 is 1.96. The summed E-state index contributed by atoms with van der Waals surface area (Å²) in [5.74, 6) is 0. The van der Waals surface area contributed by atoms with Gasteiger partial charge >= 0.3 is 0 Å². The summed E-state index contributed by atoms with van der Waals surface area (Å²) in [5.41, 5.74) is 2.78. The third-order valence-corrected chi connectivity index (χ3v) is 3.73. The van der Waals surface area contributed by atoms with Crippen LogP contribution in [0.4, 0.5) is 0 Å². The van der Waals surface area contributed by atoms with Crippen molar-refractivity contribution in [2.45, 2.75) is 52.2 Å². The van der Waals surface area contributed by atoms with Crippen molar-refractivity contribution in [2.75, 3.05) is 0 Å². The molecule has 2 aromatic heterocycles. The summed E-state index contributed by atoms with van der Waals surface area (Å²) >= 11 is 0. The van der Waals surface area contributed by atoms with E-state index >= 15 is 0 Å². The largest absolute Gasteiger partial charge is 0.386 e. The molecule has 4 heteroatoms. The maximum atomic E-state index is 10.4. The van der Waals surface area contributed by atoms with E-state index in [2.05, 4.69) is 30.9 Å². The normalized spacial score (nSPS) is 14.2. The molecule has 0 bridgehead atoms. The number of hydrogen-bond donors (Lipinski definition) is 1. The SMILES string of the molecule is CCc1cccnc1C(O)Cc1ccn(C(C)CC)n1. The molecule has 2 atom stereocenters. The van der Waals surface area contributed by atoms with Crippen molar-refractivity contribution >= 4 is 0 Å². The van der Waals surface area contributed by atoms with E-state index in [0.29, 0.717) is 12.5 Å². The van der Waals surface area contributed by atoms with E-state index in [4.69, 9.17) is 0 Å². The molecular weight excluding hydrogens is 250 g/mol. The van der Waals surface area contributed by atoms with Gasteiger partial charge in [-0.15, -0.1) is 0 Å². The lowest BCUT2D eigenvalue weighted by Crippen LogP contribution is -2.09.